The minimum absolute atomic E-state index is 0.0778. The molecule has 0 unspecified atom stereocenters. The van der Waals surface area contributed by atoms with Gasteiger partial charge in [-0.05, 0) is 31.3 Å². The minimum atomic E-state index is 0.0778. The van der Waals surface area contributed by atoms with Crippen molar-refractivity contribution < 1.29 is 4.79 Å². The van der Waals surface area contributed by atoms with Crippen LogP contribution in [0.25, 0.3) is 0 Å². The number of carbonyl (C=O) groups excluding carboxylic acids is 1. The van der Waals surface area contributed by atoms with Gasteiger partial charge in [-0.15, -0.1) is 0 Å². The van der Waals surface area contributed by atoms with Crippen LogP contribution in [0.5, 0.6) is 0 Å². The molecule has 0 aromatic heterocycles. The van der Waals surface area contributed by atoms with E-state index >= 15 is 0 Å². The van der Waals surface area contributed by atoms with Gasteiger partial charge in [0.25, 0.3) is 0 Å². The fourth-order valence-corrected chi connectivity index (χ4v) is 2.00. The van der Waals surface area contributed by atoms with Gasteiger partial charge in [0.05, 0.1) is 0 Å². The standard InChI is InChI=1S/C13H23NO/c1-2-3-11-14-13(15)10-9-12-7-5-4-6-8-12/h9-10,12H,2-8,11H2,1H3,(H,14,15)/b10-9+. The van der Waals surface area contributed by atoms with Gasteiger partial charge >= 0.3 is 0 Å². The third kappa shape index (κ3) is 5.60. The summed E-state index contributed by atoms with van der Waals surface area (Å²) >= 11 is 0. The lowest BCUT2D eigenvalue weighted by Gasteiger charge is -2.17. The molecule has 15 heavy (non-hydrogen) atoms. The molecule has 1 fully saturated rings. The SMILES string of the molecule is CCCCNC(=O)/C=C/C1CCCCC1. The van der Waals surface area contributed by atoms with Gasteiger partial charge in [-0.25, -0.2) is 0 Å². The van der Waals surface area contributed by atoms with Gasteiger partial charge in [-0.2, -0.15) is 0 Å². The smallest absolute Gasteiger partial charge is 0.243 e. The second kappa shape index (κ2) is 7.49. The molecule has 1 N–H and O–H groups in total. The molecule has 1 amide bonds. The summed E-state index contributed by atoms with van der Waals surface area (Å²) in [6.07, 6.45) is 12.6. The summed E-state index contributed by atoms with van der Waals surface area (Å²) in [6, 6.07) is 0. The average molecular weight is 209 g/mol. The van der Waals surface area contributed by atoms with Crippen LogP contribution in [0, 0.1) is 5.92 Å². The highest BCUT2D eigenvalue weighted by atomic mass is 16.1. The second-order valence-corrected chi connectivity index (χ2v) is 4.40. The van der Waals surface area contributed by atoms with Crippen LogP contribution >= 0.6 is 0 Å². The van der Waals surface area contributed by atoms with Crippen LogP contribution in [0.2, 0.25) is 0 Å². The Balaban J connectivity index is 2.14. The third-order valence-corrected chi connectivity index (χ3v) is 3.00. The Bertz CT molecular complexity index is 205. The van der Waals surface area contributed by atoms with Crippen LogP contribution in [0.3, 0.4) is 0 Å². The fraction of sp³-hybridized carbons (Fsp3) is 0.769. The van der Waals surface area contributed by atoms with Gasteiger partial charge in [0.2, 0.25) is 5.91 Å². The van der Waals surface area contributed by atoms with E-state index in [0.29, 0.717) is 5.92 Å². The quantitative estimate of drug-likeness (QED) is 0.547. The highest BCUT2D eigenvalue weighted by molar-refractivity contribution is 5.87. The molecular formula is C13H23NO. The molecule has 2 nitrogen and oxygen atoms in total. The van der Waals surface area contributed by atoms with Crippen molar-refractivity contribution in [1.29, 1.82) is 0 Å². The maximum atomic E-state index is 11.4. The van der Waals surface area contributed by atoms with Crippen LogP contribution in [-0.2, 0) is 4.79 Å². The van der Waals surface area contributed by atoms with Crippen LogP contribution in [0.15, 0.2) is 12.2 Å². The van der Waals surface area contributed by atoms with Crippen LogP contribution in [-0.4, -0.2) is 12.5 Å². The summed E-state index contributed by atoms with van der Waals surface area (Å²) in [4.78, 5) is 11.4. The van der Waals surface area contributed by atoms with Gasteiger partial charge < -0.3 is 5.32 Å². The van der Waals surface area contributed by atoms with E-state index in [1.807, 2.05) is 0 Å². The molecule has 1 saturated carbocycles. The summed E-state index contributed by atoms with van der Waals surface area (Å²) in [7, 11) is 0. The second-order valence-electron chi connectivity index (χ2n) is 4.40. The van der Waals surface area contributed by atoms with Crippen molar-refractivity contribution in [3.63, 3.8) is 0 Å². The highest BCUT2D eigenvalue weighted by Crippen LogP contribution is 2.24. The predicted octanol–water partition coefficient (Wildman–Crippen LogP) is 3.04. The molecule has 0 aromatic rings. The van der Waals surface area contributed by atoms with E-state index < -0.39 is 0 Å². The van der Waals surface area contributed by atoms with E-state index in [-0.39, 0.29) is 5.91 Å². The van der Waals surface area contributed by atoms with E-state index in [4.69, 9.17) is 0 Å². The molecule has 0 spiro atoms. The van der Waals surface area contributed by atoms with Crippen molar-refractivity contribution in [3.8, 4) is 0 Å². The van der Waals surface area contributed by atoms with Gasteiger partial charge in [0, 0.05) is 6.54 Å². The zero-order valence-corrected chi connectivity index (χ0v) is 9.80. The van der Waals surface area contributed by atoms with Crippen LogP contribution in [0.4, 0.5) is 0 Å². The van der Waals surface area contributed by atoms with Gasteiger partial charge in [0.15, 0.2) is 0 Å². The number of unbranched alkanes of at least 4 members (excludes halogenated alkanes) is 1. The summed E-state index contributed by atoms with van der Waals surface area (Å²) < 4.78 is 0. The summed E-state index contributed by atoms with van der Waals surface area (Å²) in [5.41, 5.74) is 0. The van der Waals surface area contributed by atoms with Gasteiger partial charge in [-0.1, -0.05) is 38.7 Å². The number of allylic oxidation sites excluding steroid dienone is 1. The molecule has 0 saturated heterocycles. The van der Waals surface area contributed by atoms with Gasteiger partial charge in [0.1, 0.15) is 0 Å². The molecule has 0 bridgehead atoms. The van der Waals surface area contributed by atoms with E-state index in [1.54, 1.807) is 6.08 Å². The molecule has 1 rings (SSSR count). The predicted molar refractivity (Wildman–Crippen MR) is 63.6 cm³/mol. The molecule has 0 radical (unpaired) electrons. The summed E-state index contributed by atoms with van der Waals surface area (Å²) in [6.45, 7) is 2.94. The number of rotatable bonds is 5. The molecule has 0 atom stereocenters. The van der Waals surface area contributed by atoms with E-state index in [2.05, 4.69) is 18.3 Å². The molecular weight excluding hydrogens is 186 g/mol. The zero-order valence-electron chi connectivity index (χ0n) is 9.80. The Morgan fingerprint density at radius 1 is 1.33 bits per heavy atom. The lowest BCUT2D eigenvalue weighted by atomic mass is 9.89. The number of hydrogen-bond donors (Lipinski definition) is 1. The molecule has 0 aliphatic heterocycles. The Hall–Kier alpha value is -0.790. The van der Waals surface area contributed by atoms with E-state index in [0.717, 1.165) is 19.4 Å². The number of carbonyl (C=O) groups is 1. The highest BCUT2D eigenvalue weighted by Gasteiger charge is 2.09. The first kappa shape index (κ1) is 12.3. The first-order chi connectivity index (χ1) is 7.33. The van der Waals surface area contributed by atoms with Crippen molar-refractivity contribution in [2.24, 2.45) is 5.92 Å². The molecule has 0 aromatic carbocycles. The zero-order chi connectivity index (χ0) is 10.9. The van der Waals surface area contributed by atoms with Crippen molar-refractivity contribution in [1.82, 2.24) is 5.32 Å². The lowest BCUT2D eigenvalue weighted by molar-refractivity contribution is -0.116. The Labute approximate surface area is 93.1 Å². The number of hydrogen-bond acceptors (Lipinski definition) is 1. The summed E-state index contributed by atoms with van der Waals surface area (Å²) in [5.74, 6) is 0.727. The number of amides is 1. The number of nitrogens with one attached hydrogen (secondary N) is 1. The average Bonchev–Trinajstić information content (AvgIpc) is 2.28. The van der Waals surface area contributed by atoms with E-state index in [9.17, 15) is 4.79 Å². The normalized spacial score (nSPS) is 18.2. The Kier molecular flexibility index (Phi) is 6.14. The molecule has 1 aliphatic carbocycles. The first-order valence-corrected chi connectivity index (χ1v) is 6.29. The fourth-order valence-electron chi connectivity index (χ4n) is 2.00. The Morgan fingerprint density at radius 2 is 2.07 bits per heavy atom. The molecule has 2 heteroatoms. The molecule has 1 aliphatic rings. The van der Waals surface area contributed by atoms with Crippen molar-refractivity contribution in [2.75, 3.05) is 6.54 Å². The van der Waals surface area contributed by atoms with E-state index in [1.165, 1.54) is 32.1 Å². The maximum absolute atomic E-state index is 11.4. The first-order valence-electron chi connectivity index (χ1n) is 6.29. The summed E-state index contributed by atoms with van der Waals surface area (Å²) in [5, 5.41) is 2.90. The third-order valence-electron chi connectivity index (χ3n) is 3.00. The minimum Gasteiger partial charge on any atom is -0.353 e. The molecule has 86 valence electrons. The van der Waals surface area contributed by atoms with Crippen molar-refractivity contribution in [3.05, 3.63) is 12.2 Å². The lowest BCUT2D eigenvalue weighted by Crippen LogP contribution is -2.22. The topological polar surface area (TPSA) is 29.1 Å². The Morgan fingerprint density at radius 3 is 2.73 bits per heavy atom. The van der Waals surface area contributed by atoms with Crippen LogP contribution < -0.4 is 5.32 Å². The van der Waals surface area contributed by atoms with Gasteiger partial charge in [-0.3, -0.25) is 4.79 Å². The largest absolute Gasteiger partial charge is 0.353 e. The molecule has 0 heterocycles. The van der Waals surface area contributed by atoms with Crippen molar-refractivity contribution >= 4 is 5.91 Å². The van der Waals surface area contributed by atoms with Crippen LogP contribution in [0.1, 0.15) is 51.9 Å². The van der Waals surface area contributed by atoms with Crippen molar-refractivity contribution in [2.45, 2.75) is 51.9 Å². The maximum Gasteiger partial charge on any atom is 0.243 e. The monoisotopic (exact) mass is 209 g/mol.